The molecule has 0 saturated carbocycles. The molecule has 0 aliphatic carbocycles. The highest BCUT2D eigenvalue weighted by molar-refractivity contribution is 5.77. The fraction of sp³-hybridized carbons (Fsp3) is 0.250. The predicted octanol–water partition coefficient (Wildman–Crippen LogP) is 2.38. The minimum Gasteiger partial charge on any atom is -0.486 e. The first-order chi connectivity index (χ1) is 7.35. The van der Waals surface area contributed by atoms with Crippen LogP contribution in [0.2, 0.25) is 0 Å². The molecule has 0 atom stereocenters. The summed E-state index contributed by atoms with van der Waals surface area (Å²) >= 11 is 0. The van der Waals surface area contributed by atoms with Gasteiger partial charge in [-0.1, -0.05) is 6.08 Å². The van der Waals surface area contributed by atoms with E-state index in [1.165, 1.54) is 0 Å². The van der Waals surface area contributed by atoms with Crippen molar-refractivity contribution in [2.24, 2.45) is 0 Å². The summed E-state index contributed by atoms with van der Waals surface area (Å²) in [6.45, 7) is 2.99. The molecule has 1 aromatic carbocycles. The summed E-state index contributed by atoms with van der Waals surface area (Å²) in [5, 5.41) is 8.89. The normalized spacial score (nSPS) is 14.5. The van der Waals surface area contributed by atoms with Crippen LogP contribution in [0.25, 0.3) is 5.57 Å². The zero-order valence-corrected chi connectivity index (χ0v) is 8.49. The Bertz CT molecular complexity index is 443. The number of hydrogen-bond donors (Lipinski definition) is 0. The zero-order valence-electron chi connectivity index (χ0n) is 8.49. The maximum atomic E-state index is 8.89. The highest BCUT2D eigenvalue weighted by atomic mass is 16.6. The van der Waals surface area contributed by atoms with Crippen molar-refractivity contribution in [3.05, 3.63) is 29.8 Å². The van der Waals surface area contributed by atoms with E-state index < -0.39 is 0 Å². The third-order valence-corrected chi connectivity index (χ3v) is 2.26. The summed E-state index contributed by atoms with van der Waals surface area (Å²) in [5.74, 6) is 1.46. The summed E-state index contributed by atoms with van der Waals surface area (Å²) in [6.07, 6.45) is 1.78. The van der Waals surface area contributed by atoms with Crippen molar-refractivity contribution in [1.82, 2.24) is 0 Å². The number of fused-ring (bicyclic) bond motifs is 1. The van der Waals surface area contributed by atoms with Crippen LogP contribution in [-0.2, 0) is 0 Å². The molecule has 1 aliphatic rings. The van der Waals surface area contributed by atoms with E-state index in [1.54, 1.807) is 6.08 Å². The van der Waals surface area contributed by atoms with Crippen LogP contribution in [-0.4, -0.2) is 13.2 Å². The van der Waals surface area contributed by atoms with Crippen LogP contribution in [0.4, 0.5) is 0 Å². The number of allylic oxidation sites excluding steroid dienone is 2. The Morgan fingerprint density at radius 1 is 1.33 bits per heavy atom. The summed E-state index contributed by atoms with van der Waals surface area (Å²) in [7, 11) is 0. The fourth-order valence-electron chi connectivity index (χ4n) is 1.51. The SMILES string of the molecule is C/C=C(\C#N)c1ccc2c(c1)OCCO2. The van der Waals surface area contributed by atoms with Crippen LogP contribution in [0.5, 0.6) is 11.5 Å². The van der Waals surface area contributed by atoms with Gasteiger partial charge in [-0.3, -0.25) is 0 Å². The van der Waals surface area contributed by atoms with Gasteiger partial charge in [0.2, 0.25) is 0 Å². The third kappa shape index (κ3) is 1.79. The Balaban J connectivity index is 2.41. The van der Waals surface area contributed by atoms with Crippen LogP contribution >= 0.6 is 0 Å². The van der Waals surface area contributed by atoms with Gasteiger partial charge in [0.1, 0.15) is 13.2 Å². The van der Waals surface area contributed by atoms with Crippen LogP contribution < -0.4 is 9.47 Å². The quantitative estimate of drug-likeness (QED) is 0.655. The van der Waals surface area contributed by atoms with Gasteiger partial charge in [0.05, 0.1) is 11.6 Å². The lowest BCUT2D eigenvalue weighted by atomic mass is 10.1. The van der Waals surface area contributed by atoms with Gasteiger partial charge in [0, 0.05) is 0 Å². The highest BCUT2D eigenvalue weighted by Crippen LogP contribution is 2.32. The number of nitriles is 1. The molecule has 15 heavy (non-hydrogen) atoms. The van der Waals surface area contributed by atoms with E-state index >= 15 is 0 Å². The van der Waals surface area contributed by atoms with E-state index in [4.69, 9.17) is 14.7 Å². The van der Waals surface area contributed by atoms with Crippen LogP contribution in [0.1, 0.15) is 12.5 Å². The molecule has 0 saturated heterocycles. The summed E-state index contributed by atoms with van der Waals surface area (Å²) in [6, 6.07) is 7.68. The fourth-order valence-corrected chi connectivity index (χ4v) is 1.51. The second-order valence-corrected chi connectivity index (χ2v) is 3.17. The summed E-state index contributed by atoms with van der Waals surface area (Å²) < 4.78 is 10.8. The summed E-state index contributed by atoms with van der Waals surface area (Å²) in [5.41, 5.74) is 1.51. The Labute approximate surface area is 88.5 Å². The Morgan fingerprint density at radius 2 is 2.07 bits per heavy atom. The maximum Gasteiger partial charge on any atom is 0.162 e. The molecule has 0 bridgehead atoms. The van der Waals surface area contributed by atoms with Crippen LogP contribution in [0.15, 0.2) is 24.3 Å². The third-order valence-electron chi connectivity index (χ3n) is 2.26. The molecule has 76 valence electrons. The maximum absolute atomic E-state index is 8.89. The molecule has 0 N–H and O–H groups in total. The smallest absolute Gasteiger partial charge is 0.162 e. The van der Waals surface area contributed by atoms with E-state index in [0.29, 0.717) is 24.5 Å². The monoisotopic (exact) mass is 201 g/mol. The minimum atomic E-state index is 0.564. The van der Waals surface area contributed by atoms with Crippen molar-refractivity contribution in [1.29, 1.82) is 5.26 Å². The van der Waals surface area contributed by atoms with Crippen molar-refractivity contribution < 1.29 is 9.47 Å². The molecule has 0 aromatic heterocycles. The van der Waals surface area contributed by atoms with Crippen LogP contribution in [0, 0.1) is 11.3 Å². The number of rotatable bonds is 1. The number of benzene rings is 1. The van der Waals surface area contributed by atoms with Crippen molar-refractivity contribution >= 4 is 5.57 Å². The van der Waals surface area contributed by atoms with Gasteiger partial charge in [-0.2, -0.15) is 5.26 Å². The topological polar surface area (TPSA) is 42.2 Å². The standard InChI is InChI=1S/C12H11NO2/c1-2-9(8-13)10-3-4-11-12(7-10)15-6-5-14-11/h2-4,7H,5-6H2,1H3/b9-2+. The van der Waals surface area contributed by atoms with Gasteiger partial charge in [0.15, 0.2) is 11.5 Å². The predicted molar refractivity (Wildman–Crippen MR) is 56.7 cm³/mol. The molecular weight excluding hydrogens is 190 g/mol. The second kappa shape index (κ2) is 4.05. The van der Waals surface area contributed by atoms with Crippen molar-refractivity contribution in [3.8, 4) is 17.6 Å². The molecule has 1 aliphatic heterocycles. The van der Waals surface area contributed by atoms with Crippen molar-refractivity contribution in [2.75, 3.05) is 13.2 Å². The molecule has 3 nitrogen and oxygen atoms in total. The highest BCUT2D eigenvalue weighted by Gasteiger charge is 2.12. The molecule has 0 fully saturated rings. The van der Waals surface area contributed by atoms with Crippen LogP contribution in [0.3, 0.4) is 0 Å². The minimum absolute atomic E-state index is 0.564. The first kappa shape index (κ1) is 9.60. The lowest BCUT2D eigenvalue weighted by Gasteiger charge is -2.18. The molecule has 3 heteroatoms. The molecule has 2 rings (SSSR count). The molecule has 0 radical (unpaired) electrons. The van der Waals surface area contributed by atoms with E-state index in [2.05, 4.69) is 6.07 Å². The number of nitrogens with zero attached hydrogens (tertiary/aromatic N) is 1. The van der Waals surface area contributed by atoms with Gasteiger partial charge in [-0.05, 0) is 30.7 Å². The average molecular weight is 201 g/mol. The van der Waals surface area contributed by atoms with Gasteiger partial charge in [-0.25, -0.2) is 0 Å². The van der Waals surface area contributed by atoms with E-state index in [0.717, 1.165) is 11.3 Å². The van der Waals surface area contributed by atoms with Gasteiger partial charge < -0.3 is 9.47 Å². The van der Waals surface area contributed by atoms with Crippen molar-refractivity contribution in [2.45, 2.75) is 6.92 Å². The van der Waals surface area contributed by atoms with Gasteiger partial charge in [0.25, 0.3) is 0 Å². The molecule has 1 aromatic rings. The van der Waals surface area contributed by atoms with Crippen molar-refractivity contribution in [3.63, 3.8) is 0 Å². The number of hydrogen-bond acceptors (Lipinski definition) is 3. The van der Waals surface area contributed by atoms with Gasteiger partial charge >= 0.3 is 0 Å². The average Bonchev–Trinajstić information content (AvgIpc) is 2.30. The Hall–Kier alpha value is -1.95. The Kier molecular flexibility index (Phi) is 2.59. The van der Waals surface area contributed by atoms with E-state index in [-0.39, 0.29) is 0 Å². The first-order valence-electron chi connectivity index (χ1n) is 4.81. The van der Waals surface area contributed by atoms with Gasteiger partial charge in [-0.15, -0.1) is 0 Å². The zero-order chi connectivity index (χ0) is 10.7. The lowest BCUT2D eigenvalue weighted by Crippen LogP contribution is -2.15. The van der Waals surface area contributed by atoms with E-state index in [9.17, 15) is 0 Å². The largest absolute Gasteiger partial charge is 0.486 e. The first-order valence-corrected chi connectivity index (χ1v) is 4.81. The molecule has 0 spiro atoms. The molecule has 1 heterocycles. The number of ether oxygens (including phenoxy) is 2. The lowest BCUT2D eigenvalue weighted by molar-refractivity contribution is 0.171. The summed E-state index contributed by atoms with van der Waals surface area (Å²) in [4.78, 5) is 0. The molecular formula is C12H11NO2. The van der Waals surface area contributed by atoms with E-state index in [1.807, 2.05) is 25.1 Å². The Morgan fingerprint density at radius 3 is 2.73 bits per heavy atom. The molecule has 0 unspecified atom stereocenters. The second-order valence-electron chi connectivity index (χ2n) is 3.17. The molecule has 0 amide bonds.